The molecule has 0 saturated heterocycles. The molecule has 0 heterocycles. The highest BCUT2D eigenvalue weighted by molar-refractivity contribution is 5.88. The summed E-state index contributed by atoms with van der Waals surface area (Å²) in [5, 5.41) is 11.6. The minimum absolute atomic E-state index is 0.0190. The monoisotopic (exact) mass is 264 g/mol. The van der Waals surface area contributed by atoms with E-state index in [4.69, 9.17) is 5.11 Å². The van der Waals surface area contributed by atoms with Crippen LogP contribution < -0.4 is 5.32 Å². The zero-order valence-corrected chi connectivity index (χ0v) is 11.5. The van der Waals surface area contributed by atoms with Crippen LogP contribution in [0.5, 0.6) is 0 Å². The van der Waals surface area contributed by atoms with E-state index in [1.165, 1.54) is 6.92 Å². The highest BCUT2D eigenvalue weighted by Gasteiger charge is 2.13. The second-order valence-corrected chi connectivity index (χ2v) is 4.77. The minimum Gasteiger partial charge on any atom is -0.480 e. The maximum atomic E-state index is 10.9. The van der Waals surface area contributed by atoms with Gasteiger partial charge in [0.15, 0.2) is 0 Å². The molecule has 19 heavy (non-hydrogen) atoms. The largest absolute Gasteiger partial charge is 0.480 e. The van der Waals surface area contributed by atoms with Gasteiger partial charge in [-0.25, -0.2) is 0 Å². The van der Waals surface area contributed by atoms with Crippen LogP contribution in [0.1, 0.15) is 26.3 Å². The van der Waals surface area contributed by atoms with Gasteiger partial charge in [-0.15, -0.1) is 0 Å². The Morgan fingerprint density at radius 1 is 1.26 bits per heavy atom. The lowest BCUT2D eigenvalue weighted by atomic mass is 10.1. The number of benzene rings is 1. The minimum atomic E-state index is -0.830. The van der Waals surface area contributed by atoms with Crippen molar-refractivity contribution in [2.45, 2.75) is 33.4 Å². The van der Waals surface area contributed by atoms with Crippen LogP contribution in [0.15, 0.2) is 24.3 Å². The van der Waals surface area contributed by atoms with Gasteiger partial charge in [-0.3, -0.25) is 14.5 Å². The highest BCUT2D eigenvalue weighted by Crippen LogP contribution is 2.13. The lowest BCUT2D eigenvalue weighted by molar-refractivity contribution is -0.139. The van der Waals surface area contributed by atoms with Crippen molar-refractivity contribution in [3.63, 3.8) is 0 Å². The summed E-state index contributed by atoms with van der Waals surface area (Å²) in [7, 11) is 0. The van der Waals surface area contributed by atoms with E-state index in [1.807, 2.05) is 43.0 Å². The lowest BCUT2D eigenvalue weighted by Crippen LogP contribution is -2.35. The Bertz CT molecular complexity index is 441. The molecule has 5 heteroatoms. The second kappa shape index (κ2) is 6.89. The van der Waals surface area contributed by atoms with E-state index in [0.717, 1.165) is 11.3 Å². The van der Waals surface area contributed by atoms with E-state index < -0.39 is 5.97 Å². The molecule has 0 bridgehead atoms. The fraction of sp³-hybridized carbons (Fsp3) is 0.429. The van der Waals surface area contributed by atoms with Gasteiger partial charge in [0.05, 0.1) is 6.54 Å². The van der Waals surface area contributed by atoms with E-state index in [1.54, 1.807) is 0 Å². The number of nitrogens with zero attached hydrogens (tertiary/aromatic N) is 1. The normalized spacial score (nSPS) is 10.8. The molecular weight excluding hydrogens is 244 g/mol. The van der Waals surface area contributed by atoms with Crippen molar-refractivity contribution < 1.29 is 14.7 Å². The van der Waals surface area contributed by atoms with Crippen LogP contribution in [0.2, 0.25) is 0 Å². The molecule has 1 amide bonds. The molecule has 0 spiro atoms. The van der Waals surface area contributed by atoms with Gasteiger partial charge in [-0.05, 0) is 31.5 Å². The maximum Gasteiger partial charge on any atom is 0.317 e. The first kappa shape index (κ1) is 15.2. The average molecular weight is 264 g/mol. The summed E-state index contributed by atoms with van der Waals surface area (Å²) >= 11 is 0. The van der Waals surface area contributed by atoms with E-state index in [9.17, 15) is 9.59 Å². The Hall–Kier alpha value is -1.88. The summed E-state index contributed by atoms with van der Waals surface area (Å²) in [4.78, 5) is 23.6. The number of carboxylic acids is 1. The fourth-order valence-corrected chi connectivity index (χ4v) is 1.73. The number of aliphatic carboxylic acids is 1. The van der Waals surface area contributed by atoms with Crippen LogP contribution in [0.4, 0.5) is 5.69 Å². The van der Waals surface area contributed by atoms with Crippen LogP contribution in [-0.4, -0.2) is 34.5 Å². The van der Waals surface area contributed by atoms with Crippen LogP contribution in [0.3, 0.4) is 0 Å². The van der Waals surface area contributed by atoms with E-state index in [-0.39, 0.29) is 18.5 Å². The number of hydrogen-bond donors (Lipinski definition) is 2. The van der Waals surface area contributed by atoms with Gasteiger partial charge >= 0.3 is 5.97 Å². The Kier molecular flexibility index (Phi) is 5.51. The second-order valence-electron chi connectivity index (χ2n) is 4.77. The maximum absolute atomic E-state index is 10.9. The average Bonchev–Trinajstić information content (AvgIpc) is 2.29. The first-order valence-corrected chi connectivity index (χ1v) is 6.21. The molecule has 0 fully saturated rings. The molecule has 0 radical (unpaired) electrons. The Balaban J connectivity index is 2.69. The number of rotatable bonds is 6. The van der Waals surface area contributed by atoms with Crippen LogP contribution >= 0.6 is 0 Å². The molecule has 0 unspecified atom stereocenters. The van der Waals surface area contributed by atoms with E-state index >= 15 is 0 Å². The third kappa shape index (κ3) is 5.52. The lowest BCUT2D eigenvalue weighted by Gasteiger charge is -2.24. The van der Waals surface area contributed by atoms with Gasteiger partial charge in [-0.2, -0.15) is 0 Å². The van der Waals surface area contributed by atoms with Crippen LogP contribution in [0.25, 0.3) is 0 Å². The van der Waals surface area contributed by atoms with Crippen molar-refractivity contribution >= 4 is 17.6 Å². The molecule has 1 aromatic rings. The molecule has 5 nitrogen and oxygen atoms in total. The van der Waals surface area contributed by atoms with Crippen molar-refractivity contribution in [3.8, 4) is 0 Å². The molecule has 0 saturated carbocycles. The summed E-state index contributed by atoms with van der Waals surface area (Å²) in [6, 6.07) is 7.57. The zero-order chi connectivity index (χ0) is 14.4. The van der Waals surface area contributed by atoms with E-state index in [0.29, 0.717) is 6.54 Å². The number of carboxylic acid groups (broad SMARTS) is 1. The Morgan fingerprint density at radius 3 is 2.26 bits per heavy atom. The molecule has 0 aliphatic heterocycles. The zero-order valence-electron chi connectivity index (χ0n) is 11.5. The molecule has 104 valence electrons. The predicted molar refractivity (Wildman–Crippen MR) is 73.9 cm³/mol. The Labute approximate surface area is 113 Å². The van der Waals surface area contributed by atoms with Crippen molar-refractivity contribution in [3.05, 3.63) is 29.8 Å². The summed E-state index contributed by atoms with van der Waals surface area (Å²) in [6.45, 7) is 5.99. The number of carbonyl (C=O) groups is 2. The number of anilines is 1. The number of amides is 1. The quantitative estimate of drug-likeness (QED) is 0.823. The van der Waals surface area contributed by atoms with Gasteiger partial charge in [-0.1, -0.05) is 12.1 Å². The number of nitrogens with one attached hydrogen (secondary N) is 1. The summed E-state index contributed by atoms with van der Waals surface area (Å²) in [6.07, 6.45) is 0. The summed E-state index contributed by atoms with van der Waals surface area (Å²) in [5.74, 6) is -0.939. The Morgan fingerprint density at radius 2 is 1.84 bits per heavy atom. The number of hydrogen-bond acceptors (Lipinski definition) is 3. The van der Waals surface area contributed by atoms with Crippen molar-refractivity contribution in [2.24, 2.45) is 0 Å². The molecular formula is C14H20N2O3. The molecule has 1 aromatic carbocycles. The first-order chi connectivity index (χ1) is 8.88. The van der Waals surface area contributed by atoms with Gasteiger partial charge in [0.1, 0.15) is 0 Å². The van der Waals surface area contributed by atoms with Crippen molar-refractivity contribution in [1.82, 2.24) is 4.90 Å². The fourth-order valence-electron chi connectivity index (χ4n) is 1.73. The van der Waals surface area contributed by atoms with Gasteiger partial charge < -0.3 is 10.4 Å². The smallest absolute Gasteiger partial charge is 0.317 e. The number of carbonyl (C=O) groups excluding carboxylic acids is 1. The van der Waals surface area contributed by atoms with Crippen molar-refractivity contribution in [2.75, 3.05) is 11.9 Å². The molecule has 1 rings (SSSR count). The summed E-state index contributed by atoms with van der Waals surface area (Å²) in [5.41, 5.74) is 1.76. The molecule has 0 atom stereocenters. The first-order valence-electron chi connectivity index (χ1n) is 6.21. The van der Waals surface area contributed by atoms with E-state index in [2.05, 4.69) is 5.32 Å². The topological polar surface area (TPSA) is 69.6 Å². The SMILES string of the molecule is CC(=O)Nc1ccc(CN(CC(=O)O)C(C)C)cc1. The van der Waals surface area contributed by atoms with Crippen LogP contribution in [0, 0.1) is 0 Å². The molecule has 0 aromatic heterocycles. The van der Waals surface area contributed by atoms with Crippen LogP contribution in [-0.2, 0) is 16.1 Å². The highest BCUT2D eigenvalue weighted by atomic mass is 16.4. The molecule has 0 aliphatic carbocycles. The predicted octanol–water partition coefficient (Wildman–Crippen LogP) is 1.94. The molecule has 0 aliphatic rings. The third-order valence-electron chi connectivity index (χ3n) is 2.73. The van der Waals surface area contributed by atoms with Crippen molar-refractivity contribution in [1.29, 1.82) is 0 Å². The summed E-state index contributed by atoms with van der Waals surface area (Å²) < 4.78 is 0. The third-order valence-corrected chi connectivity index (χ3v) is 2.73. The van der Waals surface area contributed by atoms with Gasteiger partial charge in [0, 0.05) is 25.2 Å². The van der Waals surface area contributed by atoms with Gasteiger partial charge in [0.25, 0.3) is 0 Å². The van der Waals surface area contributed by atoms with Gasteiger partial charge in [0.2, 0.25) is 5.91 Å². The molecule has 2 N–H and O–H groups in total. The standard InChI is InChI=1S/C14H20N2O3/c1-10(2)16(9-14(18)19)8-12-4-6-13(7-5-12)15-11(3)17/h4-7,10H,8-9H2,1-3H3,(H,15,17)(H,18,19).